The third-order valence-electron chi connectivity index (χ3n) is 1.54. The van der Waals surface area contributed by atoms with E-state index in [0.29, 0.717) is 0 Å². The molecule has 62 valence electrons. The SMILES string of the molecule is CCCCCC(I)CCI. The minimum atomic E-state index is 0.932. The van der Waals surface area contributed by atoms with Gasteiger partial charge in [-0.3, -0.25) is 0 Å². The topological polar surface area (TPSA) is 0 Å². The highest BCUT2D eigenvalue weighted by molar-refractivity contribution is 14.1. The molecule has 10 heavy (non-hydrogen) atoms. The summed E-state index contributed by atoms with van der Waals surface area (Å²) in [6.45, 7) is 2.26. The Hall–Kier alpha value is 1.46. The lowest BCUT2D eigenvalue weighted by atomic mass is 10.1. The highest BCUT2D eigenvalue weighted by atomic mass is 127. The molecule has 0 nitrogen and oxygen atoms in total. The van der Waals surface area contributed by atoms with E-state index in [9.17, 15) is 0 Å². The van der Waals surface area contributed by atoms with Crippen molar-refractivity contribution in [2.45, 2.75) is 43.0 Å². The summed E-state index contributed by atoms with van der Waals surface area (Å²) in [6, 6.07) is 0. The molecule has 0 aliphatic rings. The van der Waals surface area contributed by atoms with Gasteiger partial charge in [0.2, 0.25) is 0 Å². The molecule has 0 heterocycles. The highest BCUT2D eigenvalue weighted by Gasteiger charge is 2.00. The zero-order valence-electron chi connectivity index (χ0n) is 6.58. The fourth-order valence-corrected chi connectivity index (χ4v) is 3.57. The largest absolute Gasteiger partial charge is 0.0863 e. The van der Waals surface area contributed by atoms with Crippen LogP contribution in [0.5, 0.6) is 0 Å². The molecular weight excluding hydrogens is 350 g/mol. The molecule has 0 aromatic carbocycles. The summed E-state index contributed by atoms with van der Waals surface area (Å²) in [7, 11) is 0. The molecule has 1 atom stereocenters. The van der Waals surface area contributed by atoms with Gasteiger partial charge in [0.15, 0.2) is 0 Å². The first-order chi connectivity index (χ1) is 4.81. The van der Waals surface area contributed by atoms with E-state index in [1.54, 1.807) is 0 Å². The Labute approximate surface area is 91.8 Å². The molecule has 0 saturated heterocycles. The average molecular weight is 366 g/mol. The second-order valence-electron chi connectivity index (χ2n) is 2.57. The van der Waals surface area contributed by atoms with Gasteiger partial charge in [-0.25, -0.2) is 0 Å². The van der Waals surface area contributed by atoms with Crippen molar-refractivity contribution in [3.8, 4) is 0 Å². The van der Waals surface area contributed by atoms with Gasteiger partial charge >= 0.3 is 0 Å². The number of rotatable bonds is 6. The van der Waals surface area contributed by atoms with Crippen molar-refractivity contribution in [2.75, 3.05) is 4.43 Å². The summed E-state index contributed by atoms with van der Waals surface area (Å²) in [6.07, 6.45) is 7.03. The highest BCUT2D eigenvalue weighted by Crippen LogP contribution is 2.15. The van der Waals surface area contributed by atoms with Crippen LogP contribution in [-0.4, -0.2) is 8.35 Å². The molecule has 1 unspecified atom stereocenters. The van der Waals surface area contributed by atoms with Crippen molar-refractivity contribution in [2.24, 2.45) is 0 Å². The van der Waals surface area contributed by atoms with Gasteiger partial charge in [0.25, 0.3) is 0 Å². The van der Waals surface area contributed by atoms with Crippen LogP contribution in [0.2, 0.25) is 0 Å². The number of unbranched alkanes of at least 4 members (excludes halogenated alkanes) is 2. The van der Waals surface area contributed by atoms with E-state index in [0.717, 1.165) is 3.92 Å². The summed E-state index contributed by atoms with van der Waals surface area (Å²) >= 11 is 5.04. The van der Waals surface area contributed by atoms with Gasteiger partial charge in [-0.2, -0.15) is 0 Å². The van der Waals surface area contributed by atoms with E-state index in [2.05, 4.69) is 52.1 Å². The molecule has 0 rings (SSSR count). The van der Waals surface area contributed by atoms with Gasteiger partial charge in [-0.15, -0.1) is 0 Å². The Balaban J connectivity index is 2.97. The van der Waals surface area contributed by atoms with Crippen LogP contribution in [0.4, 0.5) is 0 Å². The maximum absolute atomic E-state index is 2.58. The van der Waals surface area contributed by atoms with Crippen molar-refractivity contribution >= 4 is 45.2 Å². The van der Waals surface area contributed by atoms with E-state index >= 15 is 0 Å². The van der Waals surface area contributed by atoms with Crippen LogP contribution < -0.4 is 0 Å². The van der Waals surface area contributed by atoms with Gasteiger partial charge in [-0.1, -0.05) is 71.4 Å². The molecule has 0 aromatic rings. The molecular formula is C8H16I2. The van der Waals surface area contributed by atoms with Crippen LogP contribution in [0.1, 0.15) is 39.0 Å². The molecule has 0 N–H and O–H groups in total. The van der Waals surface area contributed by atoms with Crippen LogP contribution in [-0.2, 0) is 0 Å². The molecule has 0 spiro atoms. The van der Waals surface area contributed by atoms with Gasteiger partial charge in [-0.05, 0) is 12.8 Å². The number of hydrogen-bond donors (Lipinski definition) is 0. The number of alkyl halides is 2. The lowest BCUT2D eigenvalue weighted by Gasteiger charge is -2.05. The summed E-state index contributed by atoms with van der Waals surface area (Å²) < 4.78 is 2.25. The van der Waals surface area contributed by atoms with Gasteiger partial charge in [0, 0.05) is 8.35 Å². The van der Waals surface area contributed by atoms with Crippen LogP contribution in [0, 0.1) is 0 Å². The van der Waals surface area contributed by atoms with E-state index < -0.39 is 0 Å². The minimum Gasteiger partial charge on any atom is -0.0863 e. The van der Waals surface area contributed by atoms with Crippen molar-refractivity contribution in [3.05, 3.63) is 0 Å². The van der Waals surface area contributed by atoms with Gasteiger partial charge in [0.1, 0.15) is 0 Å². The smallest absolute Gasteiger partial charge is 0.0117 e. The normalized spacial score (nSPS) is 13.5. The molecule has 0 aliphatic carbocycles. The fourth-order valence-electron chi connectivity index (χ4n) is 0.879. The first-order valence-corrected chi connectivity index (χ1v) is 6.78. The maximum atomic E-state index is 2.58. The third-order valence-corrected chi connectivity index (χ3v) is 3.41. The molecule has 0 radical (unpaired) electrons. The average Bonchev–Trinajstić information content (AvgIpc) is 1.89. The standard InChI is InChI=1S/C8H16I2/c1-2-3-4-5-8(10)6-7-9/h8H,2-7H2,1H3. The van der Waals surface area contributed by atoms with Crippen molar-refractivity contribution < 1.29 is 0 Å². The summed E-state index contributed by atoms with van der Waals surface area (Å²) in [5, 5.41) is 0. The Kier molecular flexibility index (Phi) is 9.80. The molecule has 0 aliphatic heterocycles. The van der Waals surface area contributed by atoms with E-state index in [1.165, 1.54) is 36.5 Å². The third kappa shape index (κ3) is 7.57. The fraction of sp³-hybridized carbons (Fsp3) is 1.00. The monoisotopic (exact) mass is 366 g/mol. The van der Waals surface area contributed by atoms with Crippen LogP contribution in [0.25, 0.3) is 0 Å². The Morgan fingerprint density at radius 1 is 1.20 bits per heavy atom. The van der Waals surface area contributed by atoms with E-state index in [-0.39, 0.29) is 0 Å². The summed E-state index contributed by atoms with van der Waals surface area (Å²) in [4.78, 5) is 0. The van der Waals surface area contributed by atoms with Crippen LogP contribution >= 0.6 is 45.2 Å². The maximum Gasteiger partial charge on any atom is 0.0117 e. The first-order valence-electron chi connectivity index (χ1n) is 4.01. The molecule has 0 bridgehead atoms. The Morgan fingerprint density at radius 2 is 1.90 bits per heavy atom. The van der Waals surface area contributed by atoms with Gasteiger partial charge < -0.3 is 0 Å². The zero-order chi connectivity index (χ0) is 7.82. The second kappa shape index (κ2) is 8.56. The predicted octanol–water partition coefficient (Wildman–Crippen LogP) is 4.20. The second-order valence-corrected chi connectivity index (χ2v) is 5.41. The van der Waals surface area contributed by atoms with Crippen molar-refractivity contribution in [1.82, 2.24) is 0 Å². The van der Waals surface area contributed by atoms with E-state index in [1.807, 2.05) is 0 Å². The zero-order valence-corrected chi connectivity index (χ0v) is 10.9. The number of halogens is 2. The summed E-state index contributed by atoms with van der Waals surface area (Å²) in [5.41, 5.74) is 0. The van der Waals surface area contributed by atoms with Crippen molar-refractivity contribution in [3.63, 3.8) is 0 Å². The van der Waals surface area contributed by atoms with Crippen LogP contribution in [0.3, 0.4) is 0 Å². The Morgan fingerprint density at radius 3 is 2.40 bits per heavy atom. The quantitative estimate of drug-likeness (QED) is 0.376. The van der Waals surface area contributed by atoms with E-state index in [4.69, 9.17) is 0 Å². The molecule has 0 fully saturated rings. The number of hydrogen-bond acceptors (Lipinski definition) is 0. The summed E-state index contributed by atoms with van der Waals surface area (Å²) in [5.74, 6) is 0. The predicted molar refractivity (Wildman–Crippen MR) is 65.5 cm³/mol. The van der Waals surface area contributed by atoms with Gasteiger partial charge in [0.05, 0.1) is 0 Å². The molecule has 0 aromatic heterocycles. The molecule has 0 saturated carbocycles. The Bertz CT molecular complexity index is 64.3. The van der Waals surface area contributed by atoms with Crippen LogP contribution in [0.15, 0.2) is 0 Å². The lowest BCUT2D eigenvalue weighted by Crippen LogP contribution is -1.97. The first kappa shape index (κ1) is 11.5. The lowest BCUT2D eigenvalue weighted by molar-refractivity contribution is 0.651. The minimum absolute atomic E-state index is 0.932. The molecule has 2 heteroatoms. The van der Waals surface area contributed by atoms with Crippen molar-refractivity contribution in [1.29, 1.82) is 0 Å². The molecule has 0 amide bonds.